The van der Waals surface area contributed by atoms with E-state index in [1.165, 1.54) is 6.26 Å². The monoisotopic (exact) mass is 205 g/mol. The van der Waals surface area contributed by atoms with Crippen LogP contribution in [-0.4, -0.2) is 45.0 Å². The second-order valence-corrected chi connectivity index (χ2v) is 6.55. The normalized spacial score (nSPS) is 31.9. The van der Waals surface area contributed by atoms with E-state index in [9.17, 15) is 8.42 Å². The van der Waals surface area contributed by atoms with E-state index in [1.807, 2.05) is 7.05 Å². The number of hydrogen-bond acceptors (Lipinski definition) is 3. The molecule has 0 saturated carbocycles. The molecule has 1 heterocycles. The molecule has 0 aromatic carbocycles. The fourth-order valence-corrected chi connectivity index (χ4v) is 3.11. The van der Waals surface area contributed by atoms with Crippen molar-refractivity contribution in [3.8, 4) is 0 Å². The van der Waals surface area contributed by atoms with Crippen molar-refractivity contribution in [3.05, 3.63) is 0 Å². The van der Waals surface area contributed by atoms with Crippen molar-refractivity contribution in [2.24, 2.45) is 5.92 Å². The second kappa shape index (κ2) is 3.96. The number of sulfone groups is 1. The minimum atomic E-state index is -2.82. The van der Waals surface area contributed by atoms with Crippen LogP contribution in [0, 0.1) is 5.92 Å². The predicted molar refractivity (Wildman–Crippen MR) is 54.5 cm³/mol. The van der Waals surface area contributed by atoms with Crippen LogP contribution in [0.3, 0.4) is 0 Å². The van der Waals surface area contributed by atoms with Crippen molar-refractivity contribution >= 4 is 9.84 Å². The smallest absolute Gasteiger partial charge is 0.148 e. The summed E-state index contributed by atoms with van der Waals surface area (Å²) in [5.74, 6) is 1.02. The molecule has 0 N–H and O–H groups in total. The van der Waals surface area contributed by atoms with Crippen LogP contribution in [0.4, 0.5) is 0 Å². The molecule has 2 atom stereocenters. The predicted octanol–water partition coefficient (Wildman–Crippen LogP) is 0.761. The van der Waals surface area contributed by atoms with Gasteiger partial charge in [0, 0.05) is 18.8 Å². The van der Waals surface area contributed by atoms with E-state index in [2.05, 4.69) is 11.8 Å². The summed E-state index contributed by atoms with van der Waals surface area (Å²) in [5.41, 5.74) is 0. The van der Waals surface area contributed by atoms with Gasteiger partial charge in [0.05, 0.1) is 5.75 Å². The van der Waals surface area contributed by atoms with Crippen LogP contribution in [-0.2, 0) is 9.84 Å². The first-order valence-electron chi connectivity index (χ1n) is 4.76. The van der Waals surface area contributed by atoms with Crippen molar-refractivity contribution in [1.82, 2.24) is 4.90 Å². The van der Waals surface area contributed by atoms with Gasteiger partial charge in [-0.1, -0.05) is 6.92 Å². The van der Waals surface area contributed by atoms with Gasteiger partial charge >= 0.3 is 0 Å². The van der Waals surface area contributed by atoms with Gasteiger partial charge < -0.3 is 4.90 Å². The van der Waals surface area contributed by atoms with Crippen LogP contribution in [0.15, 0.2) is 0 Å². The molecule has 1 saturated heterocycles. The van der Waals surface area contributed by atoms with E-state index in [-0.39, 0.29) is 6.04 Å². The molecular weight excluding hydrogens is 186 g/mol. The molecule has 1 fully saturated rings. The maximum atomic E-state index is 11.1. The van der Waals surface area contributed by atoms with Gasteiger partial charge in [0.2, 0.25) is 0 Å². The van der Waals surface area contributed by atoms with Crippen LogP contribution >= 0.6 is 0 Å². The van der Waals surface area contributed by atoms with Gasteiger partial charge in [-0.3, -0.25) is 0 Å². The minimum absolute atomic E-state index is 0.242. The lowest BCUT2D eigenvalue weighted by atomic mass is 9.96. The van der Waals surface area contributed by atoms with Crippen molar-refractivity contribution in [2.75, 3.05) is 25.6 Å². The first-order chi connectivity index (χ1) is 5.88. The lowest BCUT2D eigenvalue weighted by molar-refractivity contribution is 0.160. The van der Waals surface area contributed by atoms with Crippen LogP contribution in [0.1, 0.15) is 19.8 Å². The van der Waals surface area contributed by atoms with Crippen LogP contribution in [0.25, 0.3) is 0 Å². The fraction of sp³-hybridized carbons (Fsp3) is 1.00. The summed E-state index contributed by atoms with van der Waals surface area (Å²) in [6.07, 6.45) is 3.49. The molecule has 0 aliphatic carbocycles. The average molecular weight is 205 g/mol. The Balaban J connectivity index is 2.52. The summed E-state index contributed by atoms with van der Waals surface area (Å²) in [7, 11) is -0.796. The topological polar surface area (TPSA) is 37.4 Å². The highest BCUT2D eigenvalue weighted by Gasteiger charge is 2.25. The van der Waals surface area contributed by atoms with Crippen molar-refractivity contribution in [1.29, 1.82) is 0 Å². The number of piperidine rings is 1. The third kappa shape index (κ3) is 3.65. The molecule has 0 radical (unpaired) electrons. The Bertz CT molecular complexity index is 261. The molecule has 2 unspecified atom stereocenters. The number of likely N-dealkylation sites (tertiary alicyclic amines) is 1. The third-order valence-electron chi connectivity index (χ3n) is 2.71. The van der Waals surface area contributed by atoms with Gasteiger partial charge in [-0.15, -0.1) is 0 Å². The SMILES string of the molecule is CC1CCC(CS(C)(=O)=O)N(C)C1. The van der Waals surface area contributed by atoms with Gasteiger partial charge in [-0.25, -0.2) is 8.42 Å². The zero-order valence-corrected chi connectivity index (χ0v) is 9.47. The molecule has 78 valence electrons. The first-order valence-corrected chi connectivity index (χ1v) is 6.82. The quantitative estimate of drug-likeness (QED) is 0.668. The fourth-order valence-electron chi connectivity index (χ4n) is 1.99. The number of rotatable bonds is 2. The van der Waals surface area contributed by atoms with Crippen molar-refractivity contribution < 1.29 is 8.42 Å². The number of hydrogen-bond donors (Lipinski definition) is 0. The number of nitrogens with zero attached hydrogens (tertiary/aromatic N) is 1. The van der Waals surface area contributed by atoms with E-state index >= 15 is 0 Å². The molecule has 0 aromatic heterocycles. The highest BCUT2D eigenvalue weighted by Crippen LogP contribution is 2.20. The van der Waals surface area contributed by atoms with Crippen LogP contribution < -0.4 is 0 Å². The summed E-state index contributed by atoms with van der Waals surface area (Å²) in [4.78, 5) is 2.18. The largest absolute Gasteiger partial charge is 0.302 e. The van der Waals surface area contributed by atoms with Crippen LogP contribution in [0.5, 0.6) is 0 Å². The summed E-state index contributed by atoms with van der Waals surface area (Å²) in [6.45, 7) is 3.24. The maximum absolute atomic E-state index is 11.1. The van der Waals surface area contributed by atoms with Gasteiger partial charge in [0.25, 0.3) is 0 Å². The summed E-state index contributed by atoms with van der Waals surface area (Å²) in [5, 5.41) is 0. The molecule has 0 aromatic rings. The summed E-state index contributed by atoms with van der Waals surface area (Å²) >= 11 is 0. The molecule has 3 nitrogen and oxygen atoms in total. The third-order valence-corrected chi connectivity index (χ3v) is 3.70. The molecule has 1 aliphatic heterocycles. The molecule has 4 heteroatoms. The average Bonchev–Trinajstić information content (AvgIpc) is 1.93. The van der Waals surface area contributed by atoms with Crippen molar-refractivity contribution in [2.45, 2.75) is 25.8 Å². The van der Waals surface area contributed by atoms with Gasteiger partial charge in [0.15, 0.2) is 0 Å². The molecular formula is C9H19NO2S. The standard InChI is InChI=1S/C9H19NO2S/c1-8-4-5-9(10(2)6-8)7-13(3,11)12/h8-9H,4-7H2,1-3H3. The lowest BCUT2D eigenvalue weighted by Gasteiger charge is -2.35. The lowest BCUT2D eigenvalue weighted by Crippen LogP contribution is -2.43. The maximum Gasteiger partial charge on any atom is 0.148 e. The second-order valence-electron chi connectivity index (χ2n) is 4.37. The zero-order valence-electron chi connectivity index (χ0n) is 8.66. The molecule has 0 spiro atoms. The summed E-state index contributed by atoms with van der Waals surface area (Å²) < 4.78 is 22.2. The summed E-state index contributed by atoms with van der Waals surface area (Å²) in [6, 6.07) is 0.242. The molecule has 0 amide bonds. The highest BCUT2D eigenvalue weighted by molar-refractivity contribution is 7.90. The minimum Gasteiger partial charge on any atom is -0.302 e. The molecule has 1 rings (SSSR count). The Labute approximate surface area is 81.0 Å². The highest BCUT2D eigenvalue weighted by atomic mass is 32.2. The Hall–Kier alpha value is -0.0900. The Morgan fingerprint density at radius 2 is 2.00 bits per heavy atom. The molecule has 13 heavy (non-hydrogen) atoms. The van der Waals surface area contributed by atoms with Crippen molar-refractivity contribution in [3.63, 3.8) is 0 Å². The van der Waals surface area contributed by atoms with Gasteiger partial charge in [-0.2, -0.15) is 0 Å². The zero-order chi connectivity index (χ0) is 10.1. The van der Waals surface area contributed by atoms with E-state index in [0.717, 1.165) is 19.4 Å². The first kappa shape index (κ1) is 11.0. The Kier molecular flexibility index (Phi) is 3.35. The Morgan fingerprint density at radius 3 is 2.46 bits per heavy atom. The molecule has 0 bridgehead atoms. The van der Waals surface area contributed by atoms with E-state index in [0.29, 0.717) is 11.7 Å². The van der Waals surface area contributed by atoms with E-state index in [4.69, 9.17) is 0 Å². The van der Waals surface area contributed by atoms with E-state index in [1.54, 1.807) is 0 Å². The van der Waals surface area contributed by atoms with Gasteiger partial charge in [-0.05, 0) is 25.8 Å². The molecule has 1 aliphatic rings. The van der Waals surface area contributed by atoms with Crippen LogP contribution in [0.2, 0.25) is 0 Å². The Morgan fingerprint density at radius 1 is 1.38 bits per heavy atom. The van der Waals surface area contributed by atoms with E-state index < -0.39 is 9.84 Å². The van der Waals surface area contributed by atoms with Gasteiger partial charge in [0.1, 0.15) is 9.84 Å².